The predicted molar refractivity (Wildman–Crippen MR) is 76.7 cm³/mol. The number of rotatable bonds is 5. The third-order valence-electron chi connectivity index (χ3n) is 2.36. The number of hydrogen-bond acceptors (Lipinski definition) is 6. The fourth-order valence-corrected chi connectivity index (χ4v) is 2.10. The highest BCUT2D eigenvalue weighted by Gasteiger charge is 2.25. The quantitative estimate of drug-likeness (QED) is 0.840. The van der Waals surface area contributed by atoms with E-state index in [4.69, 9.17) is 4.74 Å². The maximum atomic E-state index is 12.1. The number of amides is 1. The SMILES string of the molecule is CCCc1nnsc1C(=O)N[C@@H](C)C(=O)OC(C)(C)C. The van der Waals surface area contributed by atoms with Gasteiger partial charge in [0.25, 0.3) is 5.91 Å². The third kappa shape index (κ3) is 4.88. The van der Waals surface area contributed by atoms with Gasteiger partial charge in [-0.3, -0.25) is 4.79 Å². The summed E-state index contributed by atoms with van der Waals surface area (Å²) in [5, 5.41) is 6.55. The van der Waals surface area contributed by atoms with E-state index >= 15 is 0 Å². The number of aromatic nitrogens is 2. The van der Waals surface area contributed by atoms with E-state index in [9.17, 15) is 9.59 Å². The van der Waals surface area contributed by atoms with Crippen LogP contribution in [0.15, 0.2) is 0 Å². The number of nitrogens with one attached hydrogen (secondary N) is 1. The molecule has 1 amide bonds. The highest BCUT2D eigenvalue weighted by molar-refractivity contribution is 7.08. The van der Waals surface area contributed by atoms with Gasteiger partial charge in [0, 0.05) is 0 Å². The number of hydrogen-bond donors (Lipinski definition) is 1. The molecule has 0 spiro atoms. The minimum Gasteiger partial charge on any atom is -0.458 e. The van der Waals surface area contributed by atoms with Gasteiger partial charge in [-0.1, -0.05) is 17.8 Å². The van der Waals surface area contributed by atoms with Crippen molar-refractivity contribution in [1.29, 1.82) is 0 Å². The highest BCUT2D eigenvalue weighted by Crippen LogP contribution is 2.13. The lowest BCUT2D eigenvalue weighted by molar-refractivity contribution is -0.156. The summed E-state index contributed by atoms with van der Waals surface area (Å²) in [6.45, 7) is 8.95. The van der Waals surface area contributed by atoms with Crippen LogP contribution in [0.4, 0.5) is 0 Å². The Hall–Kier alpha value is -1.50. The van der Waals surface area contributed by atoms with E-state index in [-0.39, 0.29) is 5.91 Å². The Bertz CT molecular complexity index is 479. The standard InChI is InChI=1S/C13H21N3O3S/c1-6-7-9-10(20-16-15-9)11(17)14-8(2)12(18)19-13(3,4)5/h8H,6-7H2,1-5H3,(H,14,17)/t8-/m0/s1. The van der Waals surface area contributed by atoms with Crippen molar-refractivity contribution in [1.82, 2.24) is 14.9 Å². The first kappa shape index (κ1) is 16.6. The van der Waals surface area contributed by atoms with Crippen LogP contribution >= 0.6 is 11.5 Å². The number of aryl methyl sites for hydroxylation is 1. The molecular weight excluding hydrogens is 278 g/mol. The summed E-state index contributed by atoms with van der Waals surface area (Å²) in [5.41, 5.74) is 0.0987. The summed E-state index contributed by atoms with van der Waals surface area (Å²) in [5.74, 6) is -0.790. The van der Waals surface area contributed by atoms with Crippen LogP contribution in [0.25, 0.3) is 0 Å². The molecule has 6 nitrogen and oxygen atoms in total. The number of nitrogens with zero attached hydrogens (tertiary/aromatic N) is 2. The fourth-order valence-electron chi connectivity index (χ4n) is 1.49. The van der Waals surface area contributed by atoms with E-state index in [0.717, 1.165) is 18.0 Å². The highest BCUT2D eigenvalue weighted by atomic mass is 32.1. The molecule has 0 aromatic carbocycles. The van der Waals surface area contributed by atoms with Crippen molar-refractivity contribution in [2.45, 2.75) is 59.1 Å². The second-order valence-electron chi connectivity index (χ2n) is 5.53. The average molecular weight is 299 g/mol. The number of ether oxygens (including phenoxy) is 1. The molecule has 0 aliphatic carbocycles. The van der Waals surface area contributed by atoms with Gasteiger partial charge in [-0.25, -0.2) is 4.79 Å². The van der Waals surface area contributed by atoms with Crippen LogP contribution in [-0.4, -0.2) is 33.1 Å². The van der Waals surface area contributed by atoms with Crippen molar-refractivity contribution >= 4 is 23.4 Å². The van der Waals surface area contributed by atoms with Crippen LogP contribution in [0.3, 0.4) is 0 Å². The summed E-state index contributed by atoms with van der Waals surface area (Å²) in [7, 11) is 0. The van der Waals surface area contributed by atoms with Crippen molar-refractivity contribution in [2.24, 2.45) is 0 Å². The largest absolute Gasteiger partial charge is 0.458 e. The zero-order chi connectivity index (χ0) is 15.3. The molecule has 0 fully saturated rings. The molecule has 0 saturated carbocycles. The van der Waals surface area contributed by atoms with Crippen molar-refractivity contribution < 1.29 is 14.3 Å². The molecule has 1 N–H and O–H groups in total. The predicted octanol–water partition coefficient (Wildman–Crippen LogP) is 1.95. The molecule has 1 aromatic heterocycles. The number of carbonyl (C=O) groups excluding carboxylic acids is 2. The Morgan fingerprint density at radius 2 is 2.05 bits per heavy atom. The summed E-state index contributed by atoms with van der Waals surface area (Å²) in [4.78, 5) is 24.4. The summed E-state index contributed by atoms with van der Waals surface area (Å²) < 4.78 is 9.00. The van der Waals surface area contributed by atoms with Crippen LogP contribution in [0.1, 0.15) is 56.4 Å². The zero-order valence-electron chi connectivity index (χ0n) is 12.5. The number of carbonyl (C=O) groups is 2. The molecule has 1 atom stereocenters. The topological polar surface area (TPSA) is 81.2 Å². The van der Waals surface area contributed by atoms with Gasteiger partial charge in [-0.2, -0.15) is 0 Å². The molecule has 0 saturated heterocycles. The monoisotopic (exact) mass is 299 g/mol. The van der Waals surface area contributed by atoms with Crippen molar-refractivity contribution in [3.8, 4) is 0 Å². The molecule has 0 bridgehead atoms. The van der Waals surface area contributed by atoms with E-state index < -0.39 is 17.6 Å². The van der Waals surface area contributed by atoms with Gasteiger partial charge in [0.15, 0.2) is 0 Å². The van der Waals surface area contributed by atoms with Crippen LogP contribution in [0.5, 0.6) is 0 Å². The van der Waals surface area contributed by atoms with Gasteiger partial charge in [-0.05, 0) is 45.6 Å². The minimum atomic E-state index is -0.710. The van der Waals surface area contributed by atoms with Crippen LogP contribution in [0.2, 0.25) is 0 Å². The molecule has 1 heterocycles. The first-order valence-electron chi connectivity index (χ1n) is 6.59. The van der Waals surface area contributed by atoms with Crippen LogP contribution in [-0.2, 0) is 16.0 Å². The van der Waals surface area contributed by atoms with Gasteiger partial charge in [-0.15, -0.1) is 5.10 Å². The fraction of sp³-hybridized carbons (Fsp3) is 0.692. The van der Waals surface area contributed by atoms with Crippen molar-refractivity contribution in [2.75, 3.05) is 0 Å². The molecule has 7 heteroatoms. The second-order valence-corrected chi connectivity index (χ2v) is 6.28. The molecule has 20 heavy (non-hydrogen) atoms. The summed E-state index contributed by atoms with van der Waals surface area (Å²) >= 11 is 1.04. The first-order valence-corrected chi connectivity index (χ1v) is 7.37. The lowest BCUT2D eigenvalue weighted by Gasteiger charge is -2.22. The molecule has 0 unspecified atom stereocenters. The third-order valence-corrected chi connectivity index (χ3v) is 3.12. The van der Waals surface area contributed by atoms with Crippen LogP contribution < -0.4 is 5.32 Å². The van der Waals surface area contributed by atoms with Crippen LogP contribution in [0, 0.1) is 0 Å². The van der Waals surface area contributed by atoms with Gasteiger partial charge in [0.1, 0.15) is 16.5 Å². The lowest BCUT2D eigenvalue weighted by atomic mass is 10.2. The normalized spacial score (nSPS) is 12.8. The molecule has 1 aromatic rings. The molecule has 112 valence electrons. The average Bonchev–Trinajstić information content (AvgIpc) is 2.75. The van der Waals surface area contributed by atoms with E-state index in [2.05, 4.69) is 14.9 Å². The Labute approximate surface area is 123 Å². The van der Waals surface area contributed by atoms with E-state index in [0.29, 0.717) is 17.0 Å². The Kier molecular flexibility index (Phi) is 5.62. The van der Waals surface area contributed by atoms with Crippen molar-refractivity contribution in [3.05, 3.63) is 10.6 Å². The molecule has 1 rings (SSSR count). The Morgan fingerprint density at radius 1 is 1.40 bits per heavy atom. The Morgan fingerprint density at radius 3 is 2.60 bits per heavy atom. The summed E-state index contributed by atoms with van der Waals surface area (Å²) in [6, 6.07) is -0.710. The van der Waals surface area contributed by atoms with E-state index in [1.807, 2.05) is 6.92 Å². The van der Waals surface area contributed by atoms with E-state index in [1.165, 1.54) is 0 Å². The number of esters is 1. The second kappa shape index (κ2) is 6.78. The van der Waals surface area contributed by atoms with E-state index in [1.54, 1.807) is 27.7 Å². The van der Waals surface area contributed by atoms with Gasteiger partial charge in [0.2, 0.25) is 0 Å². The Balaban J connectivity index is 2.65. The lowest BCUT2D eigenvalue weighted by Crippen LogP contribution is -2.42. The molecule has 0 aliphatic heterocycles. The van der Waals surface area contributed by atoms with Gasteiger partial charge < -0.3 is 10.1 Å². The first-order chi connectivity index (χ1) is 9.24. The smallest absolute Gasteiger partial charge is 0.328 e. The van der Waals surface area contributed by atoms with Gasteiger partial charge >= 0.3 is 5.97 Å². The molecule has 0 radical (unpaired) electrons. The zero-order valence-corrected chi connectivity index (χ0v) is 13.3. The summed E-state index contributed by atoms with van der Waals surface area (Å²) in [6.07, 6.45) is 1.58. The molecular formula is C13H21N3O3S. The maximum Gasteiger partial charge on any atom is 0.328 e. The minimum absolute atomic E-state index is 0.332. The van der Waals surface area contributed by atoms with Crippen molar-refractivity contribution in [3.63, 3.8) is 0 Å². The van der Waals surface area contributed by atoms with Gasteiger partial charge in [0.05, 0.1) is 5.69 Å². The molecule has 0 aliphatic rings. The maximum absolute atomic E-state index is 12.1.